The maximum Gasteiger partial charge on any atom is 0.459 e. The molecule has 0 aliphatic heterocycles. The van der Waals surface area contributed by atoms with Crippen LogP contribution < -0.4 is 0 Å². The van der Waals surface area contributed by atoms with Gasteiger partial charge in [-0.15, -0.1) is 0 Å². The van der Waals surface area contributed by atoms with Crippen LogP contribution in [0.15, 0.2) is 12.7 Å². The summed E-state index contributed by atoms with van der Waals surface area (Å²) in [6, 6.07) is 0. The van der Waals surface area contributed by atoms with Crippen molar-refractivity contribution in [2.45, 2.75) is 24.2 Å². The first kappa shape index (κ1) is 19.5. The number of halogens is 10. The van der Waals surface area contributed by atoms with Crippen LogP contribution in [0.3, 0.4) is 0 Å². The van der Waals surface area contributed by atoms with Gasteiger partial charge >= 0.3 is 24.2 Å². The van der Waals surface area contributed by atoms with E-state index in [-0.39, 0.29) is 6.08 Å². The SMILES string of the molecule is C=CC(=O)N(CC(F)(F)F)CC(F)(F)C(F)(F)C(F)(F)F. The second-order valence-corrected chi connectivity index (χ2v) is 3.79. The Morgan fingerprint density at radius 1 is 0.905 bits per heavy atom. The molecule has 0 spiro atoms. The largest absolute Gasteiger partial charge is 0.459 e. The third-order valence-corrected chi connectivity index (χ3v) is 2.06. The average molecular weight is 335 g/mol. The zero-order chi connectivity index (χ0) is 17.3. The van der Waals surface area contributed by atoms with Gasteiger partial charge in [-0.25, -0.2) is 0 Å². The van der Waals surface area contributed by atoms with Crippen molar-refractivity contribution in [3.63, 3.8) is 0 Å². The first-order valence-corrected chi connectivity index (χ1v) is 4.85. The van der Waals surface area contributed by atoms with Crippen molar-refractivity contribution in [2.75, 3.05) is 13.1 Å². The summed E-state index contributed by atoms with van der Waals surface area (Å²) >= 11 is 0. The maximum absolute atomic E-state index is 13.0. The van der Waals surface area contributed by atoms with Gasteiger partial charge in [-0.3, -0.25) is 4.79 Å². The van der Waals surface area contributed by atoms with Crippen LogP contribution in [-0.4, -0.2) is 48.1 Å². The number of hydrogen-bond donors (Lipinski definition) is 0. The Labute approximate surface area is 111 Å². The lowest BCUT2D eigenvalue weighted by Gasteiger charge is -2.32. The quantitative estimate of drug-likeness (QED) is 0.557. The molecule has 0 atom stereocenters. The lowest BCUT2D eigenvalue weighted by molar-refractivity contribution is -0.356. The maximum atomic E-state index is 13.0. The number of hydrogen-bond acceptors (Lipinski definition) is 1. The van der Waals surface area contributed by atoms with Crippen molar-refractivity contribution >= 4 is 5.91 Å². The van der Waals surface area contributed by atoms with Crippen LogP contribution in [0, 0.1) is 0 Å². The van der Waals surface area contributed by atoms with E-state index in [4.69, 9.17) is 0 Å². The number of nitrogens with zero attached hydrogens (tertiary/aromatic N) is 1. The molecule has 124 valence electrons. The molecule has 0 aliphatic carbocycles. The van der Waals surface area contributed by atoms with E-state index < -0.39 is 48.1 Å². The molecule has 0 N–H and O–H groups in total. The summed E-state index contributed by atoms with van der Waals surface area (Å²) < 4.78 is 123. The molecular weight excluding hydrogens is 328 g/mol. The van der Waals surface area contributed by atoms with Gasteiger partial charge in [0.15, 0.2) is 0 Å². The van der Waals surface area contributed by atoms with E-state index in [9.17, 15) is 48.7 Å². The first-order chi connectivity index (χ1) is 9.05. The fraction of sp³-hybridized carbons (Fsp3) is 0.667. The monoisotopic (exact) mass is 335 g/mol. The average Bonchev–Trinajstić information content (AvgIpc) is 2.22. The highest BCUT2D eigenvalue weighted by molar-refractivity contribution is 5.87. The van der Waals surface area contributed by atoms with Crippen LogP contribution in [0.25, 0.3) is 0 Å². The smallest absolute Gasteiger partial charge is 0.324 e. The van der Waals surface area contributed by atoms with Crippen molar-refractivity contribution in [2.24, 2.45) is 0 Å². The Hall–Kier alpha value is -1.49. The molecule has 0 bridgehead atoms. The van der Waals surface area contributed by atoms with E-state index in [0.717, 1.165) is 0 Å². The Morgan fingerprint density at radius 3 is 1.62 bits per heavy atom. The second kappa shape index (κ2) is 5.72. The molecular formula is C9H7F10NO. The standard InChI is InChI=1S/C9H7F10NO/c1-2-5(21)20(4-7(12,13)14)3-6(10,11)8(15,16)9(17,18)19/h2H,1,3-4H2. The molecule has 0 rings (SSSR count). The summed E-state index contributed by atoms with van der Waals surface area (Å²) in [5.74, 6) is -14.4. The Kier molecular flexibility index (Phi) is 5.31. The summed E-state index contributed by atoms with van der Waals surface area (Å²) in [7, 11) is 0. The minimum absolute atomic E-state index is 0.0769. The number of rotatable bonds is 5. The summed E-state index contributed by atoms with van der Waals surface area (Å²) in [6.07, 6.45) is -11.9. The topological polar surface area (TPSA) is 20.3 Å². The highest BCUT2D eigenvalue weighted by atomic mass is 19.4. The Balaban J connectivity index is 5.42. The molecule has 0 saturated heterocycles. The molecule has 0 saturated carbocycles. The van der Waals surface area contributed by atoms with Crippen LogP contribution in [-0.2, 0) is 4.79 Å². The minimum Gasteiger partial charge on any atom is -0.324 e. The van der Waals surface area contributed by atoms with E-state index in [1.807, 2.05) is 0 Å². The summed E-state index contributed by atoms with van der Waals surface area (Å²) in [5, 5.41) is 0. The molecule has 2 nitrogen and oxygen atoms in total. The van der Waals surface area contributed by atoms with Crippen LogP contribution in [0.5, 0.6) is 0 Å². The Morgan fingerprint density at radius 2 is 1.33 bits per heavy atom. The Bertz CT molecular complexity index is 396. The molecule has 0 aliphatic rings. The van der Waals surface area contributed by atoms with Crippen LogP contribution in [0.1, 0.15) is 0 Å². The highest BCUT2D eigenvalue weighted by Gasteiger charge is 2.73. The minimum atomic E-state index is -6.70. The normalized spacial score (nSPS) is 14.0. The van der Waals surface area contributed by atoms with Gasteiger partial charge in [-0.1, -0.05) is 6.58 Å². The number of carbonyl (C=O) groups is 1. The van der Waals surface area contributed by atoms with Crippen molar-refractivity contribution in [1.82, 2.24) is 4.90 Å². The van der Waals surface area contributed by atoms with Gasteiger partial charge in [0.1, 0.15) is 6.54 Å². The van der Waals surface area contributed by atoms with Crippen molar-refractivity contribution in [1.29, 1.82) is 0 Å². The molecule has 0 unspecified atom stereocenters. The van der Waals surface area contributed by atoms with Crippen molar-refractivity contribution in [3.05, 3.63) is 12.7 Å². The summed E-state index contributed by atoms with van der Waals surface area (Å²) in [6.45, 7) is -2.56. The molecule has 0 heterocycles. The van der Waals surface area contributed by atoms with E-state index in [0.29, 0.717) is 0 Å². The van der Waals surface area contributed by atoms with Gasteiger partial charge in [0.25, 0.3) is 0 Å². The highest BCUT2D eigenvalue weighted by Crippen LogP contribution is 2.46. The molecule has 0 aromatic heterocycles. The summed E-state index contributed by atoms with van der Waals surface area (Å²) in [5.41, 5.74) is 0. The fourth-order valence-electron chi connectivity index (χ4n) is 1.10. The number of alkyl halides is 10. The van der Waals surface area contributed by atoms with Gasteiger partial charge in [0.05, 0.1) is 6.54 Å². The van der Waals surface area contributed by atoms with Gasteiger partial charge < -0.3 is 4.90 Å². The number of amides is 1. The molecule has 0 aromatic carbocycles. The van der Waals surface area contributed by atoms with Gasteiger partial charge in [-0.2, -0.15) is 43.9 Å². The van der Waals surface area contributed by atoms with Gasteiger partial charge in [0.2, 0.25) is 5.91 Å². The van der Waals surface area contributed by atoms with Gasteiger partial charge in [-0.05, 0) is 6.08 Å². The molecule has 21 heavy (non-hydrogen) atoms. The second-order valence-electron chi connectivity index (χ2n) is 3.79. The zero-order valence-electron chi connectivity index (χ0n) is 9.83. The third-order valence-electron chi connectivity index (χ3n) is 2.06. The lowest BCUT2D eigenvalue weighted by Crippen LogP contribution is -2.58. The molecule has 0 fully saturated rings. The van der Waals surface area contributed by atoms with E-state index in [2.05, 4.69) is 6.58 Å². The number of carbonyl (C=O) groups excluding carboxylic acids is 1. The predicted molar refractivity (Wildman–Crippen MR) is 48.8 cm³/mol. The lowest BCUT2D eigenvalue weighted by atomic mass is 10.1. The van der Waals surface area contributed by atoms with E-state index >= 15 is 0 Å². The fourth-order valence-corrected chi connectivity index (χ4v) is 1.10. The van der Waals surface area contributed by atoms with E-state index in [1.165, 1.54) is 0 Å². The van der Waals surface area contributed by atoms with Gasteiger partial charge in [0, 0.05) is 0 Å². The summed E-state index contributed by atoms with van der Waals surface area (Å²) in [4.78, 5) is 10.00. The molecule has 0 radical (unpaired) electrons. The van der Waals surface area contributed by atoms with Crippen molar-refractivity contribution < 1.29 is 48.7 Å². The third kappa shape index (κ3) is 4.77. The van der Waals surface area contributed by atoms with Crippen LogP contribution >= 0.6 is 0 Å². The van der Waals surface area contributed by atoms with Crippen LogP contribution in [0.4, 0.5) is 43.9 Å². The van der Waals surface area contributed by atoms with Crippen LogP contribution in [0.2, 0.25) is 0 Å². The predicted octanol–water partition coefficient (Wildman–Crippen LogP) is 3.40. The first-order valence-electron chi connectivity index (χ1n) is 4.85. The van der Waals surface area contributed by atoms with Crippen molar-refractivity contribution in [3.8, 4) is 0 Å². The van der Waals surface area contributed by atoms with E-state index in [1.54, 1.807) is 0 Å². The molecule has 1 amide bonds. The molecule has 12 heteroatoms. The zero-order valence-corrected chi connectivity index (χ0v) is 9.83. The molecule has 0 aromatic rings.